The summed E-state index contributed by atoms with van der Waals surface area (Å²) in [6.45, 7) is 6.74. The molecule has 2 aromatic rings. The Morgan fingerprint density at radius 2 is 2.04 bits per heavy atom. The number of nitrogens with zero attached hydrogens (tertiary/aromatic N) is 4. The highest BCUT2D eigenvalue weighted by Crippen LogP contribution is 2.12. The number of hydrogen-bond acceptors (Lipinski definition) is 3. The molecule has 23 heavy (non-hydrogen) atoms. The Morgan fingerprint density at radius 3 is 2.74 bits per heavy atom. The third kappa shape index (κ3) is 5.09. The SMILES string of the molecule is CCc1nncn1CCNC(=NC)NCC(C)c1ccccc1. The van der Waals surface area contributed by atoms with E-state index in [2.05, 4.69) is 68.5 Å². The van der Waals surface area contributed by atoms with Gasteiger partial charge in [0.2, 0.25) is 0 Å². The molecular weight excluding hydrogens is 288 g/mol. The molecule has 124 valence electrons. The Balaban J connectivity index is 1.75. The van der Waals surface area contributed by atoms with Gasteiger partial charge in [0.15, 0.2) is 5.96 Å². The van der Waals surface area contributed by atoms with E-state index in [0.717, 1.165) is 37.8 Å². The minimum absolute atomic E-state index is 0.430. The van der Waals surface area contributed by atoms with Crippen LogP contribution < -0.4 is 10.6 Å². The summed E-state index contributed by atoms with van der Waals surface area (Å²) in [6, 6.07) is 10.5. The maximum Gasteiger partial charge on any atom is 0.191 e. The van der Waals surface area contributed by atoms with Gasteiger partial charge in [-0.15, -0.1) is 10.2 Å². The molecule has 0 saturated carbocycles. The fraction of sp³-hybridized carbons (Fsp3) is 0.471. The first-order valence-corrected chi connectivity index (χ1v) is 8.10. The molecule has 1 aromatic carbocycles. The van der Waals surface area contributed by atoms with Gasteiger partial charge in [0.25, 0.3) is 0 Å². The highest BCUT2D eigenvalue weighted by Gasteiger charge is 2.06. The first-order chi connectivity index (χ1) is 11.2. The van der Waals surface area contributed by atoms with Crippen LogP contribution in [0.1, 0.15) is 31.2 Å². The second kappa shape index (κ2) is 8.92. The van der Waals surface area contributed by atoms with Crippen LogP contribution in [0.3, 0.4) is 0 Å². The molecule has 0 aliphatic rings. The topological polar surface area (TPSA) is 67.1 Å². The third-order valence-electron chi connectivity index (χ3n) is 3.83. The predicted octanol–water partition coefficient (Wildman–Crippen LogP) is 1.81. The lowest BCUT2D eigenvalue weighted by atomic mass is 10.0. The van der Waals surface area contributed by atoms with Crippen molar-refractivity contribution in [1.29, 1.82) is 0 Å². The highest BCUT2D eigenvalue weighted by molar-refractivity contribution is 5.79. The van der Waals surface area contributed by atoms with Gasteiger partial charge in [-0.3, -0.25) is 4.99 Å². The molecule has 1 unspecified atom stereocenters. The van der Waals surface area contributed by atoms with Crippen LogP contribution in [0, 0.1) is 0 Å². The van der Waals surface area contributed by atoms with Crippen molar-refractivity contribution in [2.45, 2.75) is 32.7 Å². The van der Waals surface area contributed by atoms with Gasteiger partial charge in [-0.05, 0) is 11.5 Å². The summed E-state index contributed by atoms with van der Waals surface area (Å²) in [4.78, 5) is 4.27. The van der Waals surface area contributed by atoms with E-state index in [4.69, 9.17) is 0 Å². The average molecular weight is 314 g/mol. The summed E-state index contributed by atoms with van der Waals surface area (Å²) < 4.78 is 2.06. The number of rotatable bonds is 7. The highest BCUT2D eigenvalue weighted by atomic mass is 15.3. The van der Waals surface area contributed by atoms with Gasteiger partial charge in [0.05, 0.1) is 0 Å². The van der Waals surface area contributed by atoms with Gasteiger partial charge in [0, 0.05) is 33.1 Å². The lowest BCUT2D eigenvalue weighted by Gasteiger charge is -2.16. The zero-order valence-electron chi connectivity index (χ0n) is 14.2. The Hall–Kier alpha value is -2.37. The van der Waals surface area contributed by atoms with Crippen molar-refractivity contribution < 1.29 is 0 Å². The fourth-order valence-electron chi connectivity index (χ4n) is 2.40. The predicted molar refractivity (Wildman–Crippen MR) is 93.6 cm³/mol. The van der Waals surface area contributed by atoms with Gasteiger partial charge in [0.1, 0.15) is 12.2 Å². The molecule has 6 heteroatoms. The Bertz CT molecular complexity index is 605. The van der Waals surface area contributed by atoms with E-state index >= 15 is 0 Å². The number of guanidine groups is 1. The molecule has 1 aromatic heterocycles. The van der Waals surface area contributed by atoms with Crippen molar-refractivity contribution in [3.8, 4) is 0 Å². The molecule has 0 radical (unpaired) electrons. The Labute approximate surface area is 138 Å². The molecule has 0 aliphatic carbocycles. The van der Waals surface area contributed by atoms with Crippen LogP contribution in [0.15, 0.2) is 41.7 Å². The second-order valence-corrected chi connectivity index (χ2v) is 5.49. The number of benzene rings is 1. The lowest BCUT2D eigenvalue weighted by Crippen LogP contribution is -2.40. The maximum absolute atomic E-state index is 4.27. The van der Waals surface area contributed by atoms with Gasteiger partial charge < -0.3 is 15.2 Å². The number of aliphatic imine (C=N–C) groups is 1. The van der Waals surface area contributed by atoms with E-state index in [1.54, 1.807) is 13.4 Å². The Morgan fingerprint density at radius 1 is 1.26 bits per heavy atom. The molecular formula is C17H26N6. The van der Waals surface area contributed by atoms with Gasteiger partial charge >= 0.3 is 0 Å². The zero-order chi connectivity index (χ0) is 16.5. The molecule has 0 spiro atoms. The minimum Gasteiger partial charge on any atom is -0.356 e. The van der Waals surface area contributed by atoms with Crippen LogP contribution >= 0.6 is 0 Å². The second-order valence-electron chi connectivity index (χ2n) is 5.49. The van der Waals surface area contributed by atoms with Crippen molar-refractivity contribution in [2.75, 3.05) is 20.1 Å². The summed E-state index contributed by atoms with van der Waals surface area (Å²) in [5.74, 6) is 2.26. The van der Waals surface area contributed by atoms with Gasteiger partial charge in [-0.2, -0.15) is 0 Å². The van der Waals surface area contributed by atoms with E-state index in [0.29, 0.717) is 5.92 Å². The van der Waals surface area contributed by atoms with Crippen molar-refractivity contribution in [2.24, 2.45) is 4.99 Å². The van der Waals surface area contributed by atoms with E-state index in [1.807, 2.05) is 6.07 Å². The summed E-state index contributed by atoms with van der Waals surface area (Å²) >= 11 is 0. The summed E-state index contributed by atoms with van der Waals surface area (Å²) in [5.41, 5.74) is 1.33. The first-order valence-electron chi connectivity index (χ1n) is 8.10. The quantitative estimate of drug-likeness (QED) is 0.604. The molecule has 1 atom stereocenters. The van der Waals surface area contributed by atoms with Crippen LogP contribution in [-0.2, 0) is 13.0 Å². The molecule has 0 bridgehead atoms. The molecule has 0 fully saturated rings. The van der Waals surface area contributed by atoms with Gasteiger partial charge in [-0.1, -0.05) is 44.2 Å². The standard InChI is InChI=1S/C17H26N6/c1-4-16-22-21-13-23(16)11-10-19-17(18-3)20-12-14(2)15-8-6-5-7-9-15/h5-9,13-14H,4,10-12H2,1-3H3,(H2,18,19,20). The number of aromatic nitrogens is 3. The summed E-state index contributed by atoms with van der Waals surface area (Å²) in [7, 11) is 1.79. The number of nitrogens with one attached hydrogen (secondary N) is 2. The molecule has 0 saturated heterocycles. The minimum atomic E-state index is 0.430. The maximum atomic E-state index is 4.27. The monoisotopic (exact) mass is 314 g/mol. The van der Waals surface area contributed by atoms with E-state index in [-0.39, 0.29) is 0 Å². The largest absolute Gasteiger partial charge is 0.356 e. The lowest BCUT2D eigenvalue weighted by molar-refractivity contribution is 0.627. The first kappa shape index (κ1) is 17.0. The van der Waals surface area contributed by atoms with Crippen molar-refractivity contribution in [3.05, 3.63) is 48.0 Å². The van der Waals surface area contributed by atoms with Crippen LogP contribution in [0.25, 0.3) is 0 Å². The van der Waals surface area contributed by atoms with E-state index in [1.165, 1.54) is 5.56 Å². The van der Waals surface area contributed by atoms with Gasteiger partial charge in [-0.25, -0.2) is 0 Å². The zero-order valence-corrected chi connectivity index (χ0v) is 14.2. The summed E-state index contributed by atoms with van der Waals surface area (Å²) in [6.07, 6.45) is 2.66. The summed E-state index contributed by atoms with van der Waals surface area (Å²) in [5, 5.41) is 14.7. The van der Waals surface area contributed by atoms with Crippen LogP contribution in [0.5, 0.6) is 0 Å². The third-order valence-corrected chi connectivity index (χ3v) is 3.83. The fourth-order valence-corrected chi connectivity index (χ4v) is 2.40. The van der Waals surface area contributed by atoms with E-state index in [9.17, 15) is 0 Å². The van der Waals surface area contributed by atoms with Crippen LogP contribution in [0.2, 0.25) is 0 Å². The van der Waals surface area contributed by atoms with E-state index < -0.39 is 0 Å². The molecule has 0 aliphatic heterocycles. The Kier molecular flexibility index (Phi) is 6.59. The average Bonchev–Trinajstić information content (AvgIpc) is 3.05. The molecule has 2 N–H and O–H groups in total. The number of aryl methyl sites for hydroxylation is 1. The van der Waals surface area contributed by atoms with Crippen molar-refractivity contribution >= 4 is 5.96 Å². The van der Waals surface area contributed by atoms with Crippen LogP contribution in [-0.4, -0.2) is 40.9 Å². The van der Waals surface area contributed by atoms with Crippen molar-refractivity contribution in [1.82, 2.24) is 25.4 Å². The number of hydrogen-bond donors (Lipinski definition) is 2. The van der Waals surface area contributed by atoms with Crippen LogP contribution in [0.4, 0.5) is 0 Å². The van der Waals surface area contributed by atoms with Crippen molar-refractivity contribution in [3.63, 3.8) is 0 Å². The molecule has 2 rings (SSSR count). The molecule has 6 nitrogen and oxygen atoms in total. The smallest absolute Gasteiger partial charge is 0.191 e. The normalized spacial score (nSPS) is 12.9. The molecule has 1 heterocycles. The molecule has 0 amide bonds.